The number of nitrogens with two attached hydrogens (primary N) is 1. The van der Waals surface area contributed by atoms with E-state index in [1.807, 2.05) is 19.1 Å². The second kappa shape index (κ2) is 7.19. The van der Waals surface area contributed by atoms with Crippen molar-refractivity contribution in [3.8, 4) is 0 Å². The molecule has 6 heteroatoms. The monoisotopic (exact) mass is 291 g/mol. The molecule has 108 valence electrons. The topological polar surface area (TPSA) is 66.5 Å². The zero-order chi connectivity index (χ0) is 14.4. The van der Waals surface area contributed by atoms with Crippen molar-refractivity contribution in [3.05, 3.63) is 29.6 Å². The van der Waals surface area contributed by atoms with Crippen LogP contribution in [0.25, 0.3) is 0 Å². The number of pyridine rings is 1. The van der Waals surface area contributed by atoms with E-state index < -0.39 is 0 Å². The number of aliphatic imine (C=N–C) groups is 1. The molecule has 0 unspecified atom stereocenters. The van der Waals surface area contributed by atoms with Crippen LogP contribution in [-0.4, -0.2) is 34.0 Å². The standard InChI is InChI=1S/C14H21N5S/c1-11-6-5-7-16-12(11)10-17-14(20)18-13(15)19-8-3-2-4-9-19/h5-7H,2-4,8-10H2,1H3,(H3,15,17,18,20). The molecule has 1 saturated heterocycles. The molecule has 0 bridgehead atoms. The second-order valence-corrected chi connectivity index (χ2v) is 5.33. The van der Waals surface area contributed by atoms with Crippen molar-refractivity contribution >= 4 is 23.3 Å². The molecule has 0 spiro atoms. The van der Waals surface area contributed by atoms with Crippen LogP contribution in [0.5, 0.6) is 0 Å². The van der Waals surface area contributed by atoms with E-state index in [1.54, 1.807) is 6.20 Å². The van der Waals surface area contributed by atoms with E-state index in [-0.39, 0.29) is 0 Å². The third kappa shape index (κ3) is 4.16. The van der Waals surface area contributed by atoms with Crippen LogP contribution in [0.2, 0.25) is 0 Å². The van der Waals surface area contributed by atoms with E-state index >= 15 is 0 Å². The van der Waals surface area contributed by atoms with Gasteiger partial charge in [-0.25, -0.2) is 0 Å². The van der Waals surface area contributed by atoms with Crippen LogP contribution in [0.4, 0.5) is 0 Å². The van der Waals surface area contributed by atoms with Crippen LogP contribution < -0.4 is 11.1 Å². The van der Waals surface area contributed by atoms with Gasteiger partial charge in [0.15, 0.2) is 11.1 Å². The van der Waals surface area contributed by atoms with Gasteiger partial charge in [-0.05, 0) is 50.0 Å². The summed E-state index contributed by atoms with van der Waals surface area (Å²) in [6.07, 6.45) is 5.39. The average Bonchev–Trinajstić information content (AvgIpc) is 2.47. The molecule has 1 aliphatic rings. The predicted octanol–water partition coefficient (Wildman–Crippen LogP) is 1.57. The normalized spacial score (nSPS) is 16.1. The molecule has 0 atom stereocenters. The van der Waals surface area contributed by atoms with Crippen molar-refractivity contribution in [1.29, 1.82) is 0 Å². The Bertz CT molecular complexity index is 494. The summed E-state index contributed by atoms with van der Waals surface area (Å²) in [6, 6.07) is 3.95. The molecule has 0 amide bonds. The van der Waals surface area contributed by atoms with Gasteiger partial charge in [-0.3, -0.25) is 4.98 Å². The number of nitrogens with zero attached hydrogens (tertiary/aromatic N) is 3. The van der Waals surface area contributed by atoms with Crippen LogP contribution in [0.15, 0.2) is 23.3 Å². The lowest BCUT2D eigenvalue weighted by Gasteiger charge is -2.27. The van der Waals surface area contributed by atoms with E-state index in [1.165, 1.54) is 19.3 Å². The Balaban J connectivity index is 1.87. The zero-order valence-corrected chi connectivity index (χ0v) is 12.6. The first-order valence-corrected chi connectivity index (χ1v) is 7.35. The molecule has 5 nitrogen and oxygen atoms in total. The summed E-state index contributed by atoms with van der Waals surface area (Å²) < 4.78 is 0. The Morgan fingerprint density at radius 3 is 2.90 bits per heavy atom. The maximum Gasteiger partial charge on any atom is 0.198 e. The van der Waals surface area contributed by atoms with Gasteiger partial charge in [-0.2, -0.15) is 4.99 Å². The van der Waals surface area contributed by atoms with Crippen LogP contribution in [-0.2, 0) is 6.54 Å². The summed E-state index contributed by atoms with van der Waals surface area (Å²) in [4.78, 5) is 10.7. The molecular formula is C14H21N5S. The fourth-order valence-electron chi connectivity index (χ4n) is 2.20. The Hall–Kier alpha value is -1.69. The Morgan fingerprint density at radius 1 is 1.45 bits per heavy atom. The minimum absolute atomic E-state index is 0.415. The van der Waals surface area contributed by atoms with E-state index in [4.69, 9.17) is 18.0 Å². The summed E-state index contributed by atoms with van der Waals surface area (Å²) in [5.74, 6) is 0.514. The number of piperidine rings is 1. The molecular weight excluding hydrogens is 270 g/mol. The summed E-state index contributed by atoms with van der Waals surface area (Å²) in [5, 5.41) is 3.50. The molecule has 20 heavy (non-hydrogen) atoms. The molecule has 1 aromatic heterocycles. The zero-order valence-electron chi connectivity index (χ0n) is 11.8. The third-order valence-corrected chi connectivity index (χ3v) is 3.66. The molecule has 2 heterocycles. The van der Waals surface area contributed by atoms with Gasteiger partial charge in [-0.1, -0.05) is 6.07 Å². The van der Waals surface area contributed by atoms with Crippen molar-refractivity contribution < 1.29 is 0 Å². The lowest BCUT2D eigenvalue weighted by atomic mass is 10.1. The molecule has 0 aromatic carbocycles. The van der Waals surface area contributed by atoms with Crippen molar-refractivity contribution in [3.63, 3.8) is 0 Å². The first kappa shape index (κ1) is 14.7. The van der Waals surface area contributed by atoms with Crippen molar-refractivity contribution in [2.45, 2.75) is 32.7 Å². The van der Waals surface area contributed by atoms with Crippen LogP contribution in [0.3, 0.4) is 0 Å². The number of aryl methyl sites for hydroxylation is 1. The molecule has 0 radical (unpaired) electrons. The fraction of sp³-hybridized carbons (Fsp3) is 0.500. The largest absolute Gasteiger partial charge is 0.369 e. The average molecular weight is 291 g/mol. The Kier molecular flexibility index (Phi) is 5.29. The molecule has 2 rings (SSSR count). The van der Waals surface area contributed by atoms with Gasteiger partial charge in [0.05, 0.1) is 12.2 Å². The number of thiocarbonyl (C=S) groups is 1. The molecule has 0 saturated carbocycles. The van der Waals surface area contributed by atoms with Crippen molar-refractivity contribution in [2.24, 2.45) is 10.7 Å². The van der Waals surface area contributed by atoms with Crippen LogP contribution >= 0.6 is 12.2 Å². The van der Waals surface area contributed by atoms with Crippen molar-refractivity contribution in [2.75, 3.05) is 13.1 Å². The number of aromatic nitrogens is 1. The molecule has 1 aliphatic heterocycles. The fourth-order valence-corrected chi connectivity index (χ4v) is 2.37. The lowest BCUT2D eigenvalue weighted by Crippen LogP contribution is -2.42. The minimum atomic E-state index is 0.415. The van der Waals surface area contributed by atoms with Gasteiger partial charge in [0.25, 0.3) is 0 Å². The van der Waals surface area contributed by atoms with E-state index in [0.717, 1.165) is 24.3 Å². The summed E-state index contributed by atoms with van der Waals surface area (Å²) >= 11 is 5.21. The first-order valence-electron chi connectivity index (χ1n) is 6.94. The van der Waals surface area contributed by atoms with Crippen molar-refractivity contribution in [1.82, 2.24) is 15.2 Å². The highest BCUT2D eigenvalue weighted by molar-refractivity contribution is 7.80. The van der Waals surface area contributed by atoms with Gasteiger partial charge in [-0.15, -0.1) is 0 Å². The highest BCUT2D eigenvalue weighted by atomic mass is 32.1. The van der Waals surface area contributed by atoms with Gasteiger partial charge in [0.1, 0.15) is 0 Å². The summed E-state index contributed by atoms with van der Waals surface area (Å²) in [7, 11) is 0. The number of guanidine groups is 1. The number of hydrogen-bond acceptors (Lipinski definition) is 2. The highest BCUT2D eigenvalue weighted by Crippen LogP contribution is 2.08. The maximum atomic E-state index is 5.98. The SMILES string of the molecule is Cc1cccnc1CNC(=S)N=C(N)N1CCCCC1. The molecule has 1 aromatic rings. The van der Waals surface area contributed by atoms with E-state index in [0.29, 0.717) is 17.6 Å². The molecule has 3 N–H and O–H groups in total. The predicted molar refractivity (Wildman–Crippen MR) is 85.5 cm³/mol. The number of rotatable bonds is 2. The minimum Gasteiger partial charge on any atom is -0.369 e. The van der Waals surface area contributed by atoms with Gasteiger partial charge >= 0.3 is 0 Å². The highest BCUT2D eigenvalue weighted by Gasteiger charge is 2.12. The summed E-state index contributed by atoms with van der Waals surface area (Å²) in [6.45, 7) is 4.54. The number of hydrogen-bond donors (Lipinski definition) is 2. The first-order chi connectivity index (χ1) is 9.66. The van der Waals surface area contributed by atoms with Gasteiger partial charge in [0.2, 0.25) is 0 Å². The quantitative estimate of drug-likeness (QED) is 0.492. The number of likely N-dealkylation sites (tertiary alicyclic amines) is 1. The van der Waals surface area contributed by atoms with Crippen LogP contribution in [0.1, 0.15) is 30.5 Å². The Morgan fingerprint density at radius 2 is 2.20 bits per heavy atom. The smallest absolute Gasteiger partial charge is 0.198 e. The summed E-state index contributed by atoms with van der Waals surface area (Å²) in [5.41, 5.74) is 8.09. The van der Waals surface area contributed by atoms with E-state index in [2.05, 4.69) is 20.2 Å². The number of nitrogens with one attached hydrogen (secondary N) is 1. The Labute approximate surface area is 125 Å². The maximum absolute atomic E-state index is 5.98. The molecule has 0 aliphatic carbocycles. The second-order valence-electron chi connectivity index (χ2n) is 4.94. The van der Waals surface area contributed by atoms with Gasteiger partial charge < -0.3 is 16.0 Å². The van der Waals surface area contributed by atoms with E-state index in [9.17, 15) is 0 Å². The lowest BCUT2D eigenvalue weighted by molar-refractivity contribution is 0.339. The molecule has 1 fully saturated rings. The van der Waals surface area contributed by atoms with Crippen LogP contribution in [0, 0.1) is 6.92 Å². The van der Waals surface area contributed by atoms with Gasteiger partial charge in [0, 0.05) is 19.3 Å². The third-order valence-electron chi connectivity index (χ3n) is 3.42.